The molecule has 35 heavy (non-hydrogen) atoms. The van der Waals surface area contributed by atoms with Gasteiger partial charge in [-0.15, -0.1) is 0 Å². The van der Waals surface area contributed by atoms with Crippen LogP contribution < -0.4 is 5.32 Å². The standard InChI is InChI=1S/C26H27N5O4/c1-26(2,3)35-25(34)30-20(24(32)33)13-17-9-11-19(12-10-17)21-22-23(28-15-27-21)31(16-29-22)14-18-7-5-4-6-8-18/h4-12,15-16,20H,13-14H2,1-3H3,(H,30,34)(H,32,33)/t20-/m1/s1. The molecule has 0 aliphatic rings. The second-order valence-corrected chi connectivity index (χ2v) is 9.19. The Morgan fingerprint density at radius 3 is 2.37 bits per heavy atom. The molecule has 4 aromatic rings. The number of amides is 1. The number of aromatic nitrogens is 4. The highest BCUT2D eigenvalue weighted by molar-refractivity contribution is 5.87. The molecule has 0 saturated carbocycles. The van der Waals surface area contributed by atoms with Crippen molar-refractivity contribution in [2.75, 3.05) is 0 Å². The minimum Gasteiger partial charge on any atom is -0.480 e. The van der Waals surface area contributed by atoms with Gasteiger partial charge in [-0.2, -0.15) is 0 Å². The highest BCUT2D eigenvalue weighted by Crippen LogP contribution is 2.25. The number of carbonyl (C=O) groups excluding carboxylic acids is 1. The molecule has 2 aromatic heterocycles. The van der Waals surface area contributed by atoms with Crippen LogP contribution in [0, 0.1) is 0 Å². The lowest BCUT2D eigenvalue weighted by Crippen LogP contribution is -2.44. The molecule has 0 bridgehead atoms. The lowest BCUT2D eigenvalue weighted by molar-refractivity contribution is -0.139. The van der Waals surface area contributed by atoms with Crippen molar-refractivity contribution in [3.05, 3.63) is 78.4 Å². The number of nitrogens with one attached hydrogen (secondary N) is 1. The van der Waals surface area contributed by atoms with Gasteiger partial charge in [-0.1, -0.05) is 54.6 Å². The summed E-state index contributed by atoms with van der Waals surface area (Å²) in [6.07, 6.45) is 2.61. The number of carbonyl (C=O) groups is 2. The number of benzene rings is 2. The minimum atomic E-state index is -1.14. The van der Waals surface area contributed by atoms with Crippen LogP contribution >= 0.6 is 0 Å². The molecule has 4 rings (SSSR count). The van der Waals surface area contributed by atoms with Gasteiger partial charge in [0.2, 0.25) is 0 Å². The van der Waals surface area contributed by atoms with E-state index in [0.717, 1.165) is 22.3 Å². The first-order chi connectivity index (χ1) is 16.7. The van der Waals surface area contributed by atoms with Crippen LogP contribution in [-0.4, -0.2) is 48.3 Å². The lowest BCUT2D eigenvalue weighted by atomic mass is 10.0. The zero-order valence-corrected chi connectivity index (χ0v) is 19.8. The molecule has 0 aliphatic carbocycles. The van der Waals surface area contributed by atoms with Gasteiger partial charge in [0, 0.05) is 12.0 Å². The van der Waals surface area contributed by atoms with Crippen molar-refractivity contribution in [3.8, 4) is 11.3 Å². The highest BCUT2D eigenvalue weighted by atomic mass is 16.6. The van der Waals surface area contributed by atoms with Gasteiger partial charge in [0.1, 0.15) is 29.2 Å². The molecule has 9 nitrogen and oxygen atoms in total. The summed E-state index contributed by atoms with van der Waals surface area (Å²) in [6.45, 7) is 5.80. The molecule has 180 valence electrons. The molecule has 2 heterocycles. The maximum atomic E-state index is 12.0. The molecule has 1 atom stereocenters. The lowest BCUT2D eigenvalue weighted by Gasteiger charge is -2.22. The largest absolute Gasteiger partial charge is 0.480 e. The molecule has 0 unspecified atom stereocenters. The van der Waals surface area contributed by atoms with Crippen molar-refractivity contribution in [3.63, 3.8) is 0 Å². The van der Waals surface area contributed by atoms with E-state index < -0.39 is 23.7 Å². The molecule has 0 fully saturated rings. The van der Waals surface area contributed by atoms with E-state index in [1.54, 1.807) is 27.1 Å². The molecule has 2 N–H and O–H groups in total. The fraction of sp³-hybridized carbons (Fsp3) is 0.269. The number of hydrogen-bond donors (Lipinski definition) is 2. The molecule has 2 aromatic carbocycles. The van der Waals surface area contributed by atoms with Gasteiger partial charge in [0.25, 0.3) is 0 Å². The third kappa shape index (κ3) is 6.00. The third-order valence-electron chi connectivity index (χ3n) is 5.25. The van der Waals surface area contributed by atoms with Crippen molar-refractivity contribution < 1.29 is 19.4 Å². The summed E-state index contributed by atoms with van der Waals surface area (Å²) in [5.41, 5.74) is 4.11. The molecular formula is C26H27N5O4. The van der Waals surface area contributed by atoms with Gasteiger partial charge >= 0.3 is 12.1 Å². The molecule has 9 heteroatoms. The Morgan fingerprint density at radius 1 is 1.00 bits per heavy atom. The van der Waals surface area contributed by atoms with Crippen molar-refractivity contribution in [1.29, 1.82) is 0 Å². The molecule has 0 saturated heterocycles. The number of aliphatic carboxylic acids is 1. The van der Waals surface area contributed by atoms with E-state index in [1.165, 1.54) is 6.33 Å². The van der Waals surface area contributed by atoms with Crippen LogP contribution in [-0.2, 0) is 22.5 Å². The Kier molecular flexibility index (Phi) is 6.77. The molecule has 1 amide bonds. The summed E-state index contributed by atoms with van der Waals surface area (Å²) in [5, 5.41) is 12.0. The number of alkyl carbamates (subject to hydrolysis) is 1. The molecule has 0 radical (unpaired) electrons. The van der Waals surface area contributed by atoms with E-state index in [2.05, 4.69) is 32.4 Å². The minimum absolute atomic E-state index is 0.111. The molecular weight excluding hydrogens is 446 g/mol. The normalized spacial score (nSPS) is 12.3. The van der Waals surface area contributed by atoms with E-state index in [4.69, 9.17) is 4.74 Å². The van der Waals surface area contributed by atoms with Gasteiger partial charge < -0.3 is 19.7 Å². The zero-order chi connectivity index (χ0) is 25.0. The summed E-state index contributed by atoms with van der Waals surface area (Å²) < 4.78 is 7.15. The Bertz CT molecular complexity index is 1330. The quantitative estimate of drug-likeness (QED) is 0.415. The van der Waals surface area contributed by atoms with Gasteiger partial charge in [-0.25, -0.2) is 24.5 Å². The first kappa shape index (κ1) is 23.9. The van der Waals surface area contributed by atoms with Gasteiger partial charge in [0.05, 0.1) is 12.9 Å². The van der Waals surface area contributed by atoms with Crippen LogP contribution in [0.15, 0.2) is 67.3 Å². The van der Waals surface area contributed by atoms with Crippen molar-refractivity contribution in [1.82, 2.24) is 24.8 Å². The Labute approximate surface area is 202 Å². The summed E-state index contributed by atoms with van der Waals surface area (Å²) in [4.78, 5) is 37.1. The van der Waals surface area contributed by atoms with E-state index in [0.29, 0.717) is 17.8 Å². The SMILES string of the molecule is CC(C)(C)OC(=O)N[C@H](Cc1ccc(-c2ncnc3c2ncn3Cc2ccccc2)cc1)C(=O)O. The van der Waals surface area contributed by atoms with Crippen LogP contribution in [0.5, 0.6) is 0 Å². The van der Waals surface area contributed by atoms with Gasteiger partial charge in [-0.05, 0) is 31.9 Å². The van der Waals surface area contributed by atoms with Crippen LogP contribution in [0.3, 0.4) is 0 Å². The second kappa shape index (κ2) is 9.92. The number of ether oxygens (including phenoxy) is 1. The summed E-state index contributed by atoms with van der Waals surface area (Å²) >= 11 is 0. The third-order valence-corrected chi connectivity index (χ3v) is 5.25. The summed E-state index contributed by atoms with van der Waals surface area (Å²) in [5.74, 6) is -1.14. The average Bonchev–Trinajstić information content (AvgIpc) is 3.21. The topological polar surface area (TPSA) is 119 Å². The molecule has 0 aliphatic heterocycles. The van der Waals surface area contributed by atoms with Crippen LogP contribution in [0.25, 0.3) is 22.4 Å². The smallest absolute Gasteiger partial charge is 0.408 e. The van der Waals surface area contributed by atoms with Crippen LogP contribution in [0.4, 0.5) is 4.79 Å². The average molecular weight is 474 g/mol. The van der Waals surface area contributed by atoms with Gasteiger partial charge in [0.15, 0.2) is 5.65 Å². The zero-order valence-electron chi connectivity index (χ0n) is 19.8. The number of hydrogen-bond acceptors (Lipinski definition) is 6. The number of carboxylic acid groups (broad SMARTS) is 1. The first-order valence-corrected chi connectivity index (χ1v) is 11.2. The fourth-order valence-electron chi connectivity index (χ4n) is 3.67. The first-order valence-electron chi connectivity index (χ1n) is 11.2. The number of carboxylic acids is 1. The van der Waals surface area contributed by atoms with Crippen LogP contribution in [0.2, 0.25) is 0 Å². The number of fused-ring (bicyclic) bond motifs is 1. The van der Waals surface area contributed by atoms with Crippen molar-refractivity contribution in [2.24, 2.45) is 0 Å². The number of rotatable bonds is 7. The predicted octanol–water partition coefficient (Wildman–Crippen LogP) is 4.06. The van der Waals surface area contributed by atoms with E-state index >= 15 is 0 Å². The van der Waals surface area contributed by atoms with E-state index in [9.17, 15) is 14.7 Å². The number of imidazole rings is 1. The summed E-state index contributed by atoms with van der Waals surface area (Å²) in [6, 6.07) is 16.3. The van der Waals surface area contributed by atoms with Crippen molar-refractivity contribution in [2.45, 2.75) is 45.4 Å². The fourth-order valence-corrected chi connectivity index (χ4v) is 3.67. The van der Waals surface area contributed by atoms with Gasteiger partial charge in [-0.3, -0.25) is 0 Å². The van der Waals surface area contributed by atoms with E-state index in [-0.39, 0.29) is 6.42 Å². The summed E-state index contributed by atoms with van der Waals surface area (Å²) in [7, 11) is 0. The maximum Gasteiger partial charge on any atom is 0.408 e. The van der Waals surface area contributed by atoms with E-state index in [1.807, 2.05) is 47.0 Å². The van der Waals surface area contributed by atoms with Crippen molar-refractivity contribution >= 4 is 23.2 Å². The Morgan fingerprint density at radius 2 is 1.71 bits per heavy atom. The van der Waals surface area contributed by atoms with Crippen LogP contribution in [0.1, 0.15) is 31.9 Å². The number of nitrogens with zero attached hydrogens (tertiary/aromatic N) is 4. The molecule has 0 spiro atoms. The Hall–Kier alpha value is -4.27. The predicted molar refractivity (Wildman–Crippen MR) is 131 cm³/mol. The monoisotopic (exact) mass is 473 g/mol. The highest BCUT2D eigenvalue weighted by Gasteiger charge is 2.24. The Balaban J connectivity index is 1.51. The maximum absolute atomic E-state index is 12.0. The second-order valence-electron chi connectivity index (χ2n) is 9.19.